The van der Waals surface area contributed by atoms with Crippen LogP contribution in [0.4, 0.5) is 0 Å². The second-order valence-corrected chi connectivity index (χ2v) is 6.81. The summed E-state index contributed by atoms with van der Waals surface area (Å²) >= 11 is 3.37. The standard InChI is InChI=1S/C14H17N3S2/c1-9-13(11-6-7-15-14(17-11)18-2)19-12(16-9)8-10-4-3-5-10/h6-7,10H,3-5,8H2,1-2H3. The van der Waals surface area contributed by atoms with E-state index in [9.17, 15) is 0 Å². The lowest BCUT2D eigenvalue weighted by atomic mass is 9.83. The highest BCUT2D eigenvalue weighted by Gasteiger charge is 2.20. The van der Waals surface area contributed by atoms with Gasteiger partial charge >= 0.3 is 0 Å². The first-order valence-corrected chi connectivity index (χ1v) is 8.64. The first-order valence-electron chi connectivity index (χ1n) is 6.60. The van der Waals surface area contributed by atoms with Crippen LogP contribution >= 0.6 is 23.1 Å². The van der Waals surface area contributed by atoms with Crippen molar-refractivity contribution >= 4 is 23.1 Å². The molecule has 1 aliphatic carbocycles. The number of hydrogen-bond acceptors (Lipinski definition) is 5. The Labute approximate surface area is 121 Å². The molecule has 2 heterocycles. The van der Waals surface area contributed by atoms with E-state index in [0.717, 1.165) is 28.9 Å². The van der Waals surface area contributed by atoms with Gasteiger partial charge in [0.1, 0.15) is 0 Å². The van der Waals surface area contributed by atoms with Gasteiger partial charge < -0.3 is 0 Å². The smallest absolute Gasteiger partial charge is 0.187 e. The molecular formula is C14H17N3S2. The fraction of sp³-hybridized carbons (Fsp3) is 0.500. The molecule has 0 N–H and O–H groups in total. The summed E-state index contributed by atoms with van der Waals surface area (Å²) in [5, 5.41) is 2.09. The zero-order chi connectivity index (χ0) is 13.2. The Kier molecular flexibility index (Phi) is 3.84. The molecule has 0 bridgehead atoms. The number of aryl methyl sites for hydroxylation is 1. The van der Waals surface area contributed by atoms with E-state index >= 15 is 0 Å². The van der Waals surface area contributed by atoms with E-state index < -0.39 is 0 Å². The highest BCUT2D eigenvalue weighted by molar-refractivity contribution is 7.98. The number of nitrogens with zero attached hydrogens (tertiary/aromatic N) is 3. The molecule has 5 heteroatoms. The zero-order valence-corrected chi connectivity index (χ0v) is 12.9. The van der Waals surface area contributed by atoms with Crippen LogP contribution in [0, 0.1) is 12.8 Å². The Hall–Kier alpha value is -0.940. The van der Waals surface area contributed by atoms with Gasteiger partial charge in [0.05, 0.1) is 21.3 Å². The van der Waals surface area contributed by atoms with Gasteiger partial charge in [-0.1, -0.05) is 31.0 Å². The van der Waals surface area contributed by atoms with Gasteiger partial charge in [-0.15, -0.1) is 11.3 Å². The maximum Gasteiger partial charge on any atom is 0.187 e. The molecule has 100 valence electrons. The van der Waals surface area contributed by atoms with E-state index in [-0.39, 0.29) is 0 Å². The summed E-state index contributed by atoms with van der Waals surface area (Å²) in [5.41, 5.74) is 2.11. The molecule has 19 heavy (non-hydrogen) atoms. The Morgan fingerprint density at radius 2 is 2.21 bits per heavy atom. The summed E-state index contributed by atoms with van der Waals surface area (Å²) in [6.45, 7) is 2.08. The molecule has 1 aliphatic rings. The molecule has 3 rings (SSSR count). The topological polar surface area (TPSA) is 38.7 Å². The van der Waals surface area contributed by atoms with Crippen molar-refractivity contribution in [2.75, 3.05) is 6.26 Å². The molecular weight excluding hydrogens is 274 g/mol. The third kappa shape index (κ3) is 2.82. The minimum atomic E-state index is 0.825. The Balaban J connectivity index is 1.86. The largest absolute Gasteiger partial charge is 0.246 e. The van der Waals surface area contributed by atoms with Gasteiger partial charge in [0.25, 0.3) is 0 Å². The van der Waals surface area contributed by atoms with Gasteiger partial charge in [0.2, 0.25) is 0 Å². The lowest BCUT2D eigenvalue weighted by molar-refractivity contribution is 0.314. The van der Waals surface area contributed by atoms with E-state index in [1.54, 1.807) is 23.1 Å². The first kappa shape index (κ1) is 13.1. The van der Waals surface area contributed by atoms with Crippen LogP contribution in [0.1, 0.15) is 30.0 Å². The van der Waals surface area contributed by atoms with Crippen LogP contribution in [-0.4, -0.2) is 21.2 Å². The van der Waals surface area contributed by atoms with E-state index in [2.05, 4.69) is 16.9 Å². The summed E-state index contributed by atoms with van der Waals surface area (Å²) in [6.07, 6.45) is 9.12. The molecule has 0 aromatic carbocycles. The lowest BCUT2D eigenvalue weighted by Crippen LogP contribution is -2.13. The second kappa shape index (κ2) is 5.59. The van der Waals surface area contributed by atoms with E-state index in [0.29, 0.717) is 0 Å². The van der Waals surface area contributed by atoms with Crippen LogP contribution < -0.4 is 0 Å². The van der Waals surface area contributed by atoms with Crippen molar-refractivity contribution in [3.05, 3.63) is 23.0 Å². The second-order valence-electron chi connectivity index (χ2n) is 4.95. The number of thioether (sulfide) groups is 1. The van der Waals surface area contributed by atoms with E-state index in [1.165, 1.54) is 29.1 Å². The minimum absolute atomic E-state index is 0.825. The van der Waals surface area contributed by atoms with Crippen molar-refractivity contribution in [3.63, 3.8) is 0 Å². The fourth-order valence-corrected chi connectivity index (χ4v) is 3.79. The van der Waals surface area contributed by atoms with Crippen LogP contribution in [0.15, 0.2) is 17.4 Å². The predicted octanol–water partition coefficient (Wildman–Crippen LogP) is 3.97. The van der Waals surface area contributed by atoms with Gasteiger partial charge in [-0.25, -0.2) is 15.0 Å². The van der Waals surface area contributed by atoms with Crippen LogP contribution in [0.5, 0.6) is 0 Å². The van der Waals surface area contributed by atoms with Crippen molar-refractivity contribution in [2.24, 2.45) is 5.92 Å². The molecule has 0 aliphatic heterocycles. The van der Waals surface area contributed by atoms with Crippen LogP contribution in [0.3, 0.4) is 0 Å². The van der Waals surface area contributed by atoms with Gasteiger partial charge in [0, 0.05) is 12.6 Å². The quantitative estimate of drug-likeness (QED) is 0.631. The number of thiazole rings is 1. The highest BCUT2D eigenvalue weighted by Crippen LogP contribution is 2.34. The number of hydrogen-bond donors (Lipinski definition) is 0. The predicted molar refractivity (Wildman–Crippen MR) is 80.7 cm³/mol. The van der Waals surface area contributed by atoms with Gasteiger partial charge in [-0.3, -0.25) is 0 Å². The Bertz CT molecular complexity index is 576. The van der Waals surface area contributed by atoms with Gasteiger partial charge in [0.15, 0.2) is 5.16 Å². The number of aromatic nitrogens is 3. The fourth-order valence-electron chi connectivity index (χ4n) is 2.29. The van der Waals surface area contributed by atoms with Crippen molar-refractivity contribution in [2.45, 2.75) is 37.8 Å². The van der Waals surface area contributed by atoms with E-state index in [1.807, 2.05) is 18.5 Å². The maximum atomic E-state index is 4.72. The van der Waals surface area contributed by atoms with Crippen molar-refractivity contribution in [1.29, 1.82) is 0 Å². The molecule has 3 nitrogen and oxygen atoms in total. The molecule has 0 atom stereocenters. The monoisotopic (exact) mass is 291 g/mol. The molecule has 1 saturated carbocycles. The lowest BCUT2D eigenvalue weighted by Gasteiger charge is -2.23. The average molecular weight is 291 g/mol. The third-order valence-electron chi connectivity index (χ3n) is 3.58. The molecule has 1 fully saturated rings. The molecule has 0 unspecified atom stereocenters. The average Bonchev–Trinajstić information content (AvgIpc) is 2.75. The molecule has 0 amide bonds. The molecule has 0 saturated heterocycles. The molecule has 0 radical (unpaired) electrons. The summed E-state index contributed by atoms with van der Waals surface area (Å²) in [5.74, 6) is 0.866. The van der Waals surface area contributed by atoms with Crippen molar-refractivity contribution in [1.82, 2.24) is 15.0 Å². The molecule has 2 aromatic heterocycles. The van der Waals surface area contributed by atoms with Crippen molar-refractivity contribution < 1.29 is 0 Å². The first-order chi connectivity index (χ1) is 9.26. The van der Waals surface area contributed by atoms with Crippen LogP contribution in [0.2, 0.25) is 0 Å². The van der Waals surface area contributed by atoms with Crippen LogP contribution in [-0.2, 0) is 6.42 Å². The van der Waals surface area contributed by atoms with E-state index in [4.69, 9.17) is 4.98 Å². The molecule has 2 aromatic rings. The summed E-state index contributed by atoms with van der Waals surface area (Å²) in [7, 11) is 0. The van der Waals surface area contributed by atoms with Gasteiger partial charge in [-0.2, -0.15) is 0 Å². The normalized spacial score (nSPS) is 15.5. The highest BCUT2D eigenvalue weighted by atomic mass is 32.2. The summed E-state index contributed by atoms with van der Waals surface area (Å²) < 4.78 is 0. The summed E-state index contributed by atoms with van der Waals surface area (Å²) in [6, 6.07) is 1.98. The third-order valence-corrected chi connectivity index (χ3v) is 5.34. The SMILES string of the molecule is CSc1nccc(-c2sc(CC3CCC3)nc2C)n1. The minimum Gasteiger partial charge on any atom is -0.246 e. The maximum absolute atomic E-state index is 4.72. The Morgan fingerprint density at radius 1 is 1.37 bits per heavy atom. The molecule has 0 spiro atoms. The summed E-state index contributed by atoms with van der Waals surface area (Å²) in [4.78, 5) is 14.7. The Morgan fingerprint density at radius 3 is 2.89 bits per heavy atom. The van der Waals surface area contributed by atoms with Crippen LogP contribution in [0.25, 0.3) is 10.6 Å². The van der Waals surface area contributed by atoms with Crippen molar-refractivity contribution in [3.8, 4) is 10.6 Å². The van der Waals surface area contributed by atoms with Gasteiger partial charge in [-0.05, 0) is 25.2 Å². The zero-order valence-electron chi connectivity index (χ0n) is 11.2. The number of rotatable bonds is 4.